The van der Waals surface area contributed by atoms with Crippen LogP contribution in [0, 0.1) is 0 Å². The van der Waals surface area contributed by atoms with Gasteiger partial charge in [0.2, 0.25) is 5.43 Å². The van der Waals surface area contributed by atoms with Crippen LogP contribution in [0.15, 0.2) is 53.6 Å². The van der Waals surface area contributed by atoms with E-state index in [0.29, 0.717) is 5.69 Å². The average Bonchev–Trinajstić information content (AvgIpc) is 2.40. The van der Waals surface area contributed by atoms with Crippen LogP contribution in [0.5, 0.6) is 0 Å². The van der Waals surface area contributed by atoms with Gasteiger partial charge in [-0.25, -0.2) is 0 Å². The quantitative estimate of drug-likeness (QED) is 0.819. The third-order valence-corrected chi connectivity index (χ3v) is 2.98. The molecule has 0 atom stereocenters. The molecule has 0 radical (unpaired) electrons. The number of rotatable bonds is 5. The molecule has 2 rings (SSSR count). The fourth-order valence-corrected chi connectivity index (χ4v) is 1.95. The molecule has 1 heterocycles. The highest BCUT2D eigenvalue weighted by atomic mass is 16.1. The minimum atomic E-state index is -0.101. The lowest BCUT2D eigenvalue weighted by Crippen LogP contribution is -2.10. The smallest absolute Gasteiger partial charge is 0.204 e. The van der Waals surface area contributed by atoms with E-state index in [1.54, 1.807) is 12.4 Å². The first-order chi connectivity index (χ1) is 8.75. The number of nitrogens with zero attached hydrogens (tertiary/aromatic N) is 1. The standard InChI is InChI=1S/C15H18N2O/c16-14-12-17(11-9-15(14)18)10-5-4-8-13-6-2-1-3-7-13/h1-3,6-7,9,11-12H,4-5,8,10,16H2. The lowest BCUT2D eigenvalue weighted by molar-refractivity contribution is 0.607. The molecular weight excluding hydrogens is 224 g/mol. The molecule has 2 aromatic rings. The molecule has 0 spiro atoms. The van der Waals surface area contributed by atoms with Crippen molar-refractivity contribution in [2.75, 3.05) is 5.73 Å². The molecule has 3 heteroatoms. The van der Waals surface area contributed by atoms with Gasteiger partial charge < -0.3 is 10.3 Å². The summed E-state index contributed by atoms with van der Waals surface area (Å²) >= 11 is 0. The SMILES string of the molecule is Nc1cn(CCCCc2ccccc2)ccc1=O. The molecule has 0 amide bonds. The summed E-state index contributed by atoms with van der Waals surface area (Å²) in [4.78, 5) is 11.1. The van der Waals surface area contributed by atoms with Crippen LogP contribution >= 0.6 is 0 Å². The number of benzene rings is 1. The fourth-order valence-electron chi connectivity index (χ4n) is 1.95. The highest BCUT2D eigenvalue weighted by Gasteiger charge is 1.96. The number of hydrogen-bond donors (Lipinski definition) is 1. The monoisotopic (exact) mass is 242 g/mol. The summed E-state index contributed by atoms with van der Waals surface area (Å²) in [5.41, 5.74) is 7.17. The first-order valence-electron chi connectivity index (χ1n) is 6.25. The first kappa shape index (κ1) is 12.4. The molecule has 0 bridgehead atoms. The summed E-state index contributed by atoms with van der Waals surface area (Å²) in [6.45, 7) is 0.900. The fraction of sp³-hybridized carbons (Fsp3) is 0.267. The van der Waals surface area contributed by atoms with Gasteiger partial charge in [0.15, 0.2) is 0 Å². The third kappa shape index (κ3) is 3.48. The molecule has 94 valence electrons. The van der Waals surface area contributed by atoms with Crippen LogP contribution in [0.3, 0.4) is 0 Å². The van der Waals surface area contributed by atoms with Gasteiger partial charge in [0, 0.05) is 25.0 Å². The summed E-state index contributed by atoms with van der Waals surface area (Å²) in [6.07, 6.45) is 6.82. The van der Waals surface area contributed by atoms with Crippen molar-refractivity contribution in [3.8, 4) is 0 Å². The van der Waals surface area contributed by atoms with Crippen molar-refractivity contribution in [1.29, 1.82) is 0 Å². The number of unbranched alkanes of at least 4 members (excludes halogenated alkanes) is 1. The number of aryl methyl sites for hydroxylation is 2. The Hall–Kier alpha value is -2.03. The third-order valence-electron chi connectivity index (χ3n) is 2.98. The Morgan fingerprint density at radius 2 is 1.83 bits per heavy atom. The van der Waals surface area contributed by atoms with Gasteiger partial charge >= 0.3 is 0 Å². The van der Waals surface area contributed by atoms with Crippen LogP contribution in [0.1, 0.15) is 18.4 Å². The van der Waals surface area contributed by atoms with E-state index >= 15 is 0 Å². The highest BCUT2D eigenvalue weighted by molar-refractivity contribution is 5.33. The number of aromatic nitrogens is 1. The van der Waals surface area contributed by atoms with Gasteiger partial charge in [-0.1, -0.05) is 30.3 Å². The van der Waals surface area contributed by atoms with Crippen LogP contribution in [0.4, 0.5) is 5.69 Å². The zero-order valence-electron chi connectivity index (χ0n) is 10.4. The molecule has 0 saturated heterocycles. The number of nitrogens with two attached hydrogens (primary N) is 1. The summed E-state index contributed by atoms with van der Waals surface area (Å²) in [6, 6.07) is 12.0. The Bertz CT molecular complexity index is 546. The van der Waals surface area contributed by atoms with E-state index in [4.69, 9.17) is 5.73 Å². The van der Waals surface area contributed by atoms with Crippen molar-refractivity contribution in [2.45, 2.75) is 25.8 Å². The topological polar surface area (TPSA) is 48.0 Å². The Morgan fingerprint density at radius 3 is 2.56 bits per heavy atom. The van der Waals surface area contributed by atoms with E-state index in [1.165, 1.54) is 11.6 Å². The molecule has 3 nitrogen and oxygen atoms in total. The van der Waals surface area contributed by atoms with Crippen molar-refractivity contribution in [3.05, 3.63) is 64.6 Å². The molecule has 18 heavy (non-hydrogen) atoms. The van der Waals surface area contributed by atoms with Crippen molar-refractivity contribution in [3.63, 3.8) is 0 Å². The minimum absolute atomic E-state index is 0.101. The summed E-state index contributed by atoms with van der Waals surface area (Å²) in [7, 11) is 0. The zero-order valence-corrected chi connectivity index (χ0v) is 10.4. The Labute approximate surface area is 107 Å². The molecule has 1 aromatic heterocycles. The molecule has 2 N–H and O–H groups in total. The molecule has 0 fully saturated rings. The van der Waals surface area contributed by atoms with E-state index in [2.05, 4.69) is 24.3 Å². The molecule has 0 aliphatic carbocycles. The van der Waals surface area contributed by atoms with Gasteiger partial charge in [-0.3, -0.25) is 4.79 Å². The van der Waals surface area contributed by atoms with E-state index in [9.17, 15) is 4.79 Å². The Morgan fingerprint density at radius 1 is 1.06 bits per heavy atom. The van der Waals surface area contributed by atoms with Gasteiger partial charge in [0.25, 0.3) is 0 Å². The van der Waals surface area contributed by atoms with E-state index in [-0.39, 0.29) is 5.43 Å². The first-order valence-corrected chi connectivity index (χ1v) is 6.25. The summed E-state index contributed by atoms with van der Waals surface area (Å²) < 4.78 is 1.97. The highest BCUT2D eigenvalue weighted by Crippen LogP contribution is 2.05. The van der Waals surface area contributed by atoms with E-state index in [1.807, 2.05) is 10.6 Å². The number of pyridine rings is 1. The van der Waals surface area contributed by atoms with Crippen molar-refractivity contribution < 1.29 is 0 Å². The summed E-state index contributed by atoms with van der Waals surface area (Å²) in [5, 5.41) is 0. The second-order valence-corrected chi connectivity index (χ2v) is 4.44. The second kappa shape index (κ2) is 6.05. The molecule has 1 aromatic carbocycles. The lowest BCUT2D eigenvalue weighted by Gasteiger charge is -2.06. The number of anilines is 1. The number of hydrogen-bond acceptors (Lipinski definition) is 2. The molecular formula is C15H18N2O. The van der Waals surface area contributed by atoms with Crippen molar-refractivity contribution >= 4 is 5.69 Å². The largest absolute Gasteiger partial charge is 0.394 e. The number of nitrogen functional groups attached to an aromatic ring is 1. The van der Waals surface area contributed by atoms with Crippen LogP contribution in [0.2, 0.25) is 0 Å². The van der Waals surface area contributed by atoms with E-state index < -0.39 is 0 Å². The molecule has 0 saturated carbocycles. The lowest BCUT2D eigenvalue weighted by atomic mass is 10.1. The van der Waals surface area contributed by atoms with Crippen LogP contribution < -0.4 is 11.2 Å². The predicted molar refractivity (Wildman–Crippen MR) is 74.5 cm³/mol. The maximum atomic E-state index is 11.1. The van der Waals surface area contributed by atoms with Crippen molar-refractivity contribution in [2.24, 2.45) is 0 Å². The van der Waals surface area contributed by atoms with Crippen molar-refractivity contribution in [1.82, 2.24) is 4.57 Å². The average molecular weight is 242 g/mol. The second-order valence-electron chi connectivity index (χ2n) is 4.44. The van der Waals surface area contributed by atoms with Gasteiger partial charge in [0.05, 0.1) is 5.69 Å². The maximum Gasteiger partial charge on any atom is 0.204 e. The van der Waals surface area contributed by atoms with Crippen LogP contribution in [0.25, 0.3) is 0 Å². The molecule has 0 aliphatic heterocycles. The van der Waals surface area contributed by atoms with Crippen LogP contribution in [-0.2, 0) is 13.0 Å². The zero-order chi connectivity index (χ0) is 12.8. The minimum Gasteiger partial charge on any atom is -0.394 e. The van der Waals surface area contributed by atoms with Gasteiger partial charge in [-0.15, -0.1) is 0 Å². The van der Waals surface area contributed by atoms with Gasteiger partial charge in [-0.2, -0.15) is 0 Å². The summed E-state index contributed by atoms with van der Waals surface area (Å²) in [5.74, 6) is 0. The molecule has 0 aliphatic rings. The van der Waals surface area contributed by atoms with E-state index in [0.717, 1.165) is 25.8 Å². The Balaban J connectivity index is 1.78. The predicted octanol–water partition coefficient (Wildman–Crippen LogP) is 2.45. The Kier molecular flexibility index (Phi) is 4.18. The maximum absolute atomic E-state index is 11.1. The van der Waals surface area contributed by atoms with Gasteiger partial charge in [-0.05, 0) is 24.8 Å². The van der Waals surface area contributed by atoms with Gasteiger partial charge in [0.1, 0.15) is 0 Å². The van der Waals surface area contributed by atoms with Crippen LogP contribution in [-0.4, -0.2) is 4.57 Å². The normalized spacial score (nSPS) is 10.4. The molecule has 0 unspecified atom stereocenters.